The molecular formula is C50H42N10O6S3. The second-order valence-corrected chi connectivity index (χ2v) is 19.0. The zero-order valence-corrected chi connectivity index (χ0v) is 39.2. The first kappa shape index (κ1) is 45.2. The first-order valence-corrected chi connectivity index (χ1v) is 24.8. The Balaban J connectivity index is 0.944. The first-order valence-electron chi connectivity index (χ1n) is 21.8. The standard InChI is InChI=1S/C50H42N10O6S3/c1-59-49(55-57-58-59)69-29-33-28-67-46-41(45(63)60(46)42(33)47(64)65-43(31-17-7-2-8-18-31)32-19-9-3-10-20-32)53-44(62)40(56-66-39-27-38(61)52-39)37-30-68-48(51-37)54-50(34-21-11-4-12-22-34,35-23-13-5-14-24-35)36-25-15-6-16-26-36/h2-26,30,39,41,43,46H,27-29H2,1H3,(H,51,54)(H,52,61)(H,53,62)/b56-40-/t39?,41?,46-/m1/s1. The van der Waals surface area contributed by atoms with E-state index in [1.165, 1.54) is 44.4 Å². The Kier molecular flexibility index (Phi) is 13.0. The number of amides is 3. The van der Waals surface area contributed by atoms with E-state index in [1.54, 1.807) is 12.4 Å². The summed E-state index contributed by atoms with van der Waals surface area (Å²) in [6, 6.07) is 47.8. The quantitative estimate of drug-likeness (QED) is 0.0226. The molecule has 16 nitrogen and oxygen atoms in total. The topological polar surface area (TPSA) is 195 Å². The van der Waals surface area contributed by atoms with Crippen LogP contribution in [0.2, 0.25) is 0 Å². The number of hydrogen-bond donors (Lipinski definition) is 3. The van der Waals surface area contributed by atoms with Crippen LogP contribution in [0.4, 0.5) is 5.13 Å². The molecule has 3 atom stereocenters. The Labute approximate surface area is 408 Å². The van der Waals surface area contributed by atoms with Crippen molar-refractivity contribution < 1.29 is 28.8 Å². The van der Waals surface area contributed by atoms with E-state index in [0.717, 1.165) is 27.8 Å². The molecule has 2 saturated heterocycles. The number of tetrazole rings is 1. The van der Waals surface area contributed by atoms with Crippen LogP contribution in [0, 0.1) is 0 Å². The molecule has 69 heavy (non-hydrogen) atoms. The van der Waals surface area contributed by atoms with Gasteiger partial charge < -0.3 is 25.5 Å². The largest absolute Gasteiger partial charge is 0.448 e. The van der Waals surface area contributed by atoms with Crippen LogP contribution in [0.1, 0.15) is 46.0 Å². The first-order chi connectivity index (χ1) is 33.8. The highest BCUT2D eigenvalue weighted by Gasteiger charge is 2.55. The van der Waals surface area contributed by atoms with Gasteiger partial charge in [0.15, 0.2) is 16.9 Å². The van der Waals surface area contributed by atoms with E-state index in [9.17, 15) is 19.2 Å². The van der Waals surface area contributed by atoms with E-state index in [-0.39, 0.29) is 35.2 Å². The van der Waals surface area contributed by atoms with Gasteiger partial charge in [0.25, 0.3) is 11.8 Å². The van der Waals surface area contributed by atoms with Gasteiger partial charge in [-0.25, -0.2) is 14.5 Å². The van der Waals surface area contributed by atoms with Crippen molar-refractivity contribution in [3.63, 3.8) is 0 Å². The van der Waals surface area contributed by atoms with Crippen LogP contribution in [0.25, 0.3) is 0 Å². The van der Waals surface area contributed by atoms with E-state index in [4.69, 9.17) is 14.6 Å². The number of thioether (sulfide) groups is 2. The lowest BCUT2D eigenvalue weighted by molar-refractivity contribution is -0.154. The molecule has 0 radical (unpaired) electrons. The summed E-state index contributed by atoms with van der Waals surface area (Å²) in [6.07, 6.45) is -1.48. The predicted molar refractivity (Wildman–Crippen MR) is 262 cm³/mol. The van der Waals surface area contributed by atoms with Gasteiger partial charge in [0.1, 0.15) is 28.3 Å². The molecule has 3 amide bonds. The van der Waals surface area contributed by atoms with Gasteiger partial charge in [-0.05, 0) is 43.8 Å². The normalized spacial score (nSPS) is 17.9. The Morgan fingerprint density at radius 3 is 1.96 bits per heavy atom. The van der Waals surface area contributed by atoms with Crippen molar-refractivity contribution in [2.75, 3.05) is 16.8 Å². The number of fused-ring (bicyclic) bond motifs is 1. The van der Waals surface area contributed by atoms with Gasteiger partial charge >= 0.3 is 5.97 Å². The smallest absolute Gasteiger partial charge is 0.356 e. The molecule has 2 unspecified atom stereocenters. The molecule has 19 heteroatoms. The number of thiazole rings is 1. The average molecular weight is 975 g/mol. The molecule has 0 bridgehead atoms. The summed E-state index contributed by atoms with van der Waals surface area (Å²) >= 11 is 3.99. The fourth-order valence-electron chi connectivity index (χ4n) is 8.33. The second-order valence-electron chi connectivity index (χ2n) is 16.1. The summed E-state index contributed by atoms with van der Waals surface area (Å²) in [5.41, 5.74) is 4.14. The molecule has 2 aromatic heterocycles. The highest BCUT2D eigenvalue weighted by atomic mass is 32.2. The Bertz CT molecular complexity index is 2910. The summed E-state index contributed by atoms with van der Waals surface area (Å²) in [4.78, 5) is 67.4. The van der Waals surface area contributed by atoms with Crippen molar-refractivity contribution in [2.45, 2.75) is 40.9 Å². The van der Waals surface area contributed by atoms with Crippen LogP contribution < -0.4 is 16.0 Å². The van der Waals surface area contributed by atoms with Crippen molar-refractivity contribution in [2.24, 2.45) is 12.2 Å². The lowest BCUT2D eigenvalue weighted by Gasteiger charge is -2.49. The van der Waals surface area contributed by atoms with Gasteiger partial charge in [-0.2, -0.15) is 0 Å². The minimum atomic E-state index is -1.06. The maximum Gasteiger partial charge on any atom is 0.356 e. The maximum absolute atomic E-state index is 14.6. The third-order valence-electron chi connectivity index (χ3n) is 11.8. The molecular weight excluding hydrogens is 933 g/mol. The SMILES string of the molecule is Cn1nnnc1SCC1=C(C(=O)OC(c2ccccc2)c2ccccc2)N2C(=O)C(NC(=O)/C(=N\OC3CC(=O)N3)c3csc(NC(c4ccccc4)(c4ccccc4)c4ccccc4)n3)[C@H]2SC1. The lowest BCUT2D eigenvalue weighted by Crippen LogP contribution is -2.71. The number of benzene rings is 5. The van der Waals surface area contributed by atoms with Crippen LogP contribution in [-0.4, -0.2) is 88.6 Å². The molecule has 5 aromatic carbocycles. The van der Waals surface area contributed by atoms with E-state index >= 15 is 0 Å². The van der Waals surface area contributed by atoms with E-state index < -0.39 is 47.1 Å². The van der Waals surface area contributed by atoms with Gasteiger partial charge in [-0.1, -0.05) is 169 Å². The van der Waals surface area contributed by atoms with Crippen LogP contribution in [-0.2, 0) is 41.3 Å². The molecule has 346 valence electrons. The maximum atomic E-state index is 14.6. The minimum absolute atomic E-state index is 0.0548. The van der Waals surface area contributed by atoms with Crippen molar-refractivity contribution in [1.29, 1.82) is 0 Å². The third kappa shape index (κ3) is 9.23. The molecule has 7 aromatic rings. The molecule has 10 rings (SSSR count). The number of aromatic nitrogens is 5. The number of carbonyl (C=O) groups is 4. The Hall–Kier alpha value is -7.61. The summed E-state index contributed by atoms with van der Waals surface area (Å²) in [5.74, 6) is -1.55. The number of nitrogens with one attached hydrogen (secondary N) is 3. The van der Waals surface area contributed by atoms with Gasteiger partial charge in [0, 0.05) is 23.9 Å². The van der Waals surface area contributed by atoms with Crippen LogP contribution in [0.15, 0.2) is 179 Å². The average Bonchev–Trinajstić information content (AvgIpc) is 4.04. The molecule has 3 aliphatic heterocycles. The van der Waals surface area contributed by atoms with E-state index in [0.29, 0.717) is 21.6 Å². The van der Waals surface area contributed by atoms with Crippen LogP contribution in [0.5, 0.6) is 0 Å². The molecule has 0 spiro atoms. The monoisotopic (exact) mass is 974 g/mol. The zero-order valence-electron chi connectivity index (χ0n) is 36.7. The van der Waals surface area contributed by atoms with Gasteiger partial charge in [-0.15, -0.1) is 28.2 Å². The number of ether oxygens (including phenoxy) is 1. The highest BCUT2D eigenvalue weighted by Crippen LogP contribution is 2.44. The number of oxime groups is 1. The molecule has 3 aliphatic rings. The summed E-state index contributed by atoms with van der Waals surface area (Å²) < 4.78 is 7.87. The van der Waals surface area contributed by atoms with Crippen LogP contribution in [0.3, 0.4) is 0 Å². The molecule has 3 N–H and O–H groups in total. The number of carbonyl (C=O) groups excluding carboxylic acids is 4. The highest BCUT2D eigenvalue weighted by molar-refractivity contribution is 8.01. The predicted octanol–water partition coefficient (Wildman–Crippen LogP) is 6.42. The lowest BCUT2D eigenvalue weighted by atomic mass is 9.77. The number of anilines is 1. The molecule has 0 aliphatic carbocycles. The molecule has 5 heterocycles. The number of rotatable bonds is 17. The Morgan fingerprint density at radius 1 is 0.855 bits per heavy atom. The van der Waals surface area contributed by atoms with Gasteiger partial charge in [0.05, 0.1) is 6.42 Å². The molecule has 2 fully saturated rings. The fourth-order valence-corrected chi connectivity index (χ4v) is 11.4. The van der Waals surface area contributed by atoms with Crippen molar-refractivity contribution in [3.05, 3.63) is 202 Å². The van der Waals surface area contributed by atoms with Crippen molar-refractivity contribution >= 4 is 69.4 Å². The summed E-state index contributed by atoms with van der Waals surface area (Å²) in [6.45, 7) is 0. The Morgan fingerprint density at radius 2 is 1.42 bits per heavy atom. The second kappa shape index (κ2) is 19.9. The third-order valence-corrected chi connectivity index (χ3v) is 14.9. The van der Waals surface area contributed by atoms with Gasteiger partial charge in [0.2, 0.25) is 17.3 Å². The van der Waals surface area contributed by atoms with E-state index in [2.05, 4.69) is 36.6 Å². The number of hydrogen-bond acceptors (Lipinski definition) is 15. The van der Waals surface area contributed by atoms with E-state index in [1.807, 2.05) is 152 Å². The van der Waals surface area contributed by atoms with Gasteiger partial charge in [-0.3, -0.25) is 19.3 Å². The molecule has 0 saturated carbocycles. The number of esters is 1. The summed E-state index contributed by atoms with van der Waals surface area (Å²) in [5, 5.41) is 27.2. The minimum Gasteiger partial charge on any atom is -0.448 e. The number of nitrogens with zero attached hydrogens (tertiary/aromatic N) is 7. The fraction of sp³-hybridized carbons (Fsp3) is 0.180. The number of β-lactam (4-membered cyclic amide) rings is 2. The summed E-state index contributed by atoms with van der Waals surface area (Å²) in [7, 11) is 1.72. The van der Waals surface area contributed by atoms with Crippen molar-refractivity contribution in [3.8, 4) is 0 Å². The van der Waals surface area contributed by atoms with Crippen LogP contribution >= 0.6 is 34.9 Å². The zero-order chi connectivity index (χ0) is 47.3. The number of aryl methyl sites for hydroxylation is 1. The van der Waals surface area contributed by atoms with Crippen molar-refractivity contribution in [1.82, 2.24) is 40.7 Å².